The molecule has 33 heavy (non-hydrogen) atoms. The molecular weight excluding hydrogens is 420 g/mol. The Hall–Kier alpha value is -2.93. The molecule has 0 spiro atoms. The van der Waals surface area contributed by atoms with Gasteiger partial charge in [-0.25, -0.2) is 0 Å². The summed E-state index contributed by atoms with van der Waals surface area (Å²) in [4.78, 5) is 40.1. The van der Waals surface area contributed by atoms with Gasteiger partial charge < -0.3 is 20.5 Å². The van der Waals surface area contributed by atoms with Crippen molar-refractivity contribution in [2.75, 3.05) is 0 Å². The van der Waals surface area contributed by atoms with E-state index in [1.165, 1.54) is 12.5 Å². The SMILES string of the molecule is CC(C)=CCCC(C)=CCC12OC1(CC=C(C)C)C(=O)C1=C(C2=O)C([NH+]=[N-])C(=O)C(C)=C1O. The van der Waals surface area contributed by atoms with E-state index in [0.717, 1.165) is 24.0 Å². The molecule has 0 aromatic rings. The van der Waals surface area contributed by atoms with E-state index in [1.807, 2.05) is 51.9 Å². The number of hydrogen-bond acceptors (Lipinski definition) is 5. The monoisotopic (exact) mass is 452 g/mol. The number of nitrogens with one attached hydrogen (secondary N) is 1. The van der Waals surface area contributed by atoms with Crippen LogP contribution in [-0.2, 0) is 19.1 Å². The number of hydrogen-bond donors (Lipinski definition) is 2. The standard InChI is InChI=1S/C26H32N2O5/c1-14(2)8-7-9-16(5)11-13-26-23(31)18-19(21(29)17(6)22(30)20(18)28-27)24(32)25(26,33-26)12-10-15(3)4/h8,10-11,20,28-29H,7,9,12-13H2,1-6H3. The van der Waals surface area contributed by atoms with Crippen LogP contribution in [0.5, 0.6) is 0 Å². The summed E-state index contributed by atoms with van der Waals surface area (Å²) in [6.07, 6.45) is 7.91. The zero-order valence-electron chi connectivity index (χ0n) is 20.2. The first-order valence-electron chi connectivity index (χ1n) is 11.2. The smallest absolute Gasteiger partial charge is 0.233 e. The fourth-order valence-electron chi connectivity index (χ4n) is 4.63. The third kappa shape index (κ3) is 3.88. The highest BCUT2D eigenvalue weighted by Crippen LogP contribution is 2.61. The molecule has 0 radical (unpaired) electrons. The van der Waals surface area contributed by atoms with Crippen molar-refractivity contribution < 1.29 is 29.3 Å². The highest BCUT2D eigenvalue weighted by molar-refractivity contribution is 6.29. The Kier molecular flexibility index (Phi) is 6.58. The second-order valence-corrected chi connectivity index (χ2v) is 9.66. The van der Waals surface area contributed by atoms with Gasteiger partial charge in [0, 0.05) is 18.4 Å². The van der Waals surface area contributed by atoms with E-state index in [-0.39, 0.29) is 29.6 Å². The van der Waals surface area contributed by atoms with Crippen LogP contribution < -0.4 is 5.11 Å². The van der Waals surface area contributed by atoms with Gasteiger partial charge in [0.1, 0.15) is 5.76 Å². The molecule has 0 amide bonds. The molecule has 1 heterocycles. The molecule has 2 N–H and O–H groups in total. The van der Waals surface area contributed by atoms with Crippen LogP contribution in [0.4, 0.5) is 0 Å². The van der Waals surface area contributed by atoms with Gasteiger partial charge in [-0.3, -0.25) is 14.4 Å². The lowest BCUT2D eigenvalue weighted by molar-refractivity contribution is -0.498. The van der Waals surface area contributed by atoms with Gasteiger partial charge in [0.25, 0.3) is 0 Å². The Morgan fingerprint density at radius 2 is 1.58 bits per heavy atom. The van der Waals surface area contributed by atoms with Gasteiger partial charge in [-0.15, -0.1) is 0 Å². The quantitative estimate of drug-likeness (QED) is 0.333. The van der Waals surface area contributed by atoms with Crippen LogP contribution >= 0.6 is 0 Å². The number of aliphatic hydroxyl groups excluding tert-OH is 1. The van der Waals surface area contributed by atoms with E-state index in [1.54, 1.807) is 0 Å². The van der Waals surface area contributed by atoms with Crippen molar-refractivity contribution in [2.24, 2.45) is 0 Å². The van der Waals surface area contributed by atoms with Gasteiger partial charge in [0.2, 0.25) is 23.4 Å². The molecule has 3 aliphatic rings. The number of ether oxygens (including phenoxy) is 1. The number of epoxide rings is 1. The van der Waals surface area contributed by atoms with E-state index in [9.17, 15) is 25.0 Å². The van der Waals surface area contributed by atoms with Crippen molar-refractivity contribution in [3.8, 4) is 0 Å². The van der Waals surface area contributed by atoms with Crippen LogP contribution in [0.1, 0.15) is 67.2 Å². The molecule has 0 aromatic carbocycles. The molecular formula is C26H32N2O5. The van der Waals surface area contributed by atoms with Gasteiger partial charge in [0.05, 0.1) is 11.1 Å². The van der Waals surface area contributed by atoms with Crippen molar-refractivity contribution in [3.05, 3.63) is 63.0 Å². The molecule has 1 saturated heterocycles. The largest absolute Gasteiger partial charge is 0.508 e. The Labute approximate surface area is 194 Å². The Bertz CT molecular complexity index is 1100. The summed E-state index contributed by atoms with van der Waals surface area (Å²) in [5.74, 6) is -2.26. The highest BCUT2D eigenvalue weighted by Gasteiger charge is 2.81. The normalized spacial score (nSPS) is 29.0. The minimum Gasteiger partial charge on any atom is -0.508 e. The van der Waals surface area contributed by atoms with E-state index in [2.05, 4.69) is 6.08 Å². The van der Waals surface area contributed by atoms with Crippen LogP contribution in [0.2, 0.25) is 0 Å². The number of Topliss-reactive ketones (excluding diaryl/α,β-unsaturated/α-hetero) is 3. The fraction of sp³-hybridized carbons (Fsp3) is 0.500. The second kappa shape index (κ2) is 8.78. The van der Waals surface area contributed by atoms with Gasteiger partial charge >= 0.3 is 0 Å². The van der Waals surface area contributed by atoms with Crippen LogP contribution in [-0.4, -0.2) is 39.7 Å². The summed E-state index contributed by atoms with van der Waals surface area (Å²) in [5, 5.41) is 12.5. The van der Waals surface area contributed by atoms with Crippen LogP contribution in [0.3, 0.4) is 0 Å². The molecule has 176 valence electrons. The van der Waals surface area contributed by atoms with Gasteiger partial charge in [-0.05, 0) is 54.4 Å². The summed E-state index contributed by atoms with van der Waals surface area (Å²) in [5.41, 5.74) is 9.46. The first-order valence-corrected chi connectivity index (χ1v) is 11.2. The molecule has 1 aliphatic heterocycles. The molecule has 0 aromatic heterocycles. The van der Waals surface area contributed by atoms with Gasteiger partial charge in [0.15, 0.2) is 11.2 Å². The average Bonchev–Trinajstić information content (AvgIpc) is 3.44. The average molecular weight is 453 g/mol. The van der Waals surface area contributed by atoms with Crippen LogP contribution in [0.15, 0.2) is 57.4 Å². The maximum Gasteiger partial charge on any atom is 0.233 e. The molecule has 0 bridgehead atoms. The van der Waals surface area contributed by atoms with Crippen molar-refractivity contribution in [1.29, 1.82) is 0 Å². The molecule has 3 atom stereocenters. The highest BCUT2D eigenvalue weighted by atomic mass is 16.6. The lowest BCUT2D eigenvalue weighted by Gasteiger charge is -2.30. The lowest BCUT2D eigenvalue weighted by Crippen LogP contribution is -2.77. The Balaban J connectivity index is 2.08. The van der Waals surface area contributed by atoms with E-state index >= 15 is 0 Å². The number of fused-ring (bicyclic) bond motifs is 1. The topological polar surface area (TPSA) is 120 Å². The summed E-state index contributed by atoms with van der Waals surface area (Å²) in [6, 6.07) is -1.42. The number of nitrogens with zero attached hydrogens (tertiary/aromatic N) is 1. The second-order valence-electron chi connectivity index (χ2n) is 9.66. The molecule has 2 aliphatic carbocycles. The van der Waals surface area contributed by atoms with Gasteiger partial charge in [-0.2, -0.15) is 0 Å². The van der Waals surface area contributed by atoms with Crippen molar-refractivity contribution in [3.63, 3.8) is 0 Å². The molecule has 3 rings (SSSR count). The summed E-state index contributed by atoms with van der Waals surface area (Å²) in [7, 11) is 0. The molecule has 1 fully saturated rings. The third-order valence-electron chi connectivity index (χ3n) is 6.70. The lowest BCUT2D eigenvalue weighted by atomic mass is 9.66. The number of carbonyl (C=O) groups is 3. The van der Waals surface area contributed by atoms with E-state index in [0.29, 0.717) is 0 Å². The predicted molar refractivity (Wildman–Crippen MR) is 123 cm³/mol. The zero-order valence-corrected chi connectivity index (χ0v) is 20.2. The Morgan fingerprint density at radius 3 is 2.15 bits per heavy atom. The third-order valence-corrected chi connectivity index (χ3v) is 6.70. The van der Waals surface area contributed by atoms with Crippen LogP contribution in [0.25, 0.3) is 5.53 Å². The molecule has 3 unspecified atom stereocenters. The number of ketones is 3. The number of carbonyl (C=O) groups excluding carboxylic acids is 3. The summed E-state index contributed by atoms with van der Waals surface area (Å²) in [6.45, 7) is 11.2. The van der Waals surface area contributed by atoms with Crippen molar-refractivity contribution >= 4 is 17.3 Å². The zero-order chi connectivity index (χ0) is 24.7. The molecule has 7 heteroatoms. The fourth-order valence-corrected chi connectivity index (χ4v) is 4.63. The first-order chi connectivity index (χ1) is 15.4. The number of aliphatic hydroxyl groups is 1. The molecule has 0 saturated carbocycles. The minimum atomic E-state index is -1.46. The van der Waals surface area contributed by atoms with Crippen LogP contribution in [0, 0.1) is 0 Å². The minimum absolute atomic E-state index is 0.0815. The van der Waals surface area contributed by atoms with Gasteiger partial charge in [-0.1, -0.05) is 34.9 Å². The van der Waals surface area contributed by atoms with E-state index in [4.69, 9.17) is 4.74 Å². The van der Waals surface area contributed by atoms with Crippen molar-refractivity contribution in [2.45, 2.75) is 84.5 Å². The van der Waals surface area contributed by atoms with E-state index < -0.39 is 40.4 Å². The number of allylic oxidation sites excluding steroid dienone is 5. The summed E-state index contributed by atoms with van der Waals surface area (Å²) >= 11 is 0. The van der Waals surface area contributed by atoms with Crippen molar-refractivity contribution in [1.82, 2.24) is 0 Å². The predicted octanol–water partition coefficient (Wildman–Crippen LogP) is 3.27. The molecule has 7 nitrogen and oxygen atoms in total. The number of rotatable bonds is 8. The first kappa shape index (κ1) is 24.7. The maximum absolute atomic E-state index is 13.8. The Morgan fingerprint density at radius 1 is 1.00 bits per heavy atom. The summed E-state index contributed by atoms with van der Waals surface area (Å²) < 4.78 is 6.03. The maximum atomic E-state index is 13.8.